The lowest BCUT2D eigenvalue weighted by Crippen LogP contribution is -2.10. The Morgan fingerprint density at radius 1 is 1.19 bits per heavy atom. The standard InChI is InChI=1S/C24H18F2N8OS/c1-33(2)6-11-7-34(10-31-11)24-30-4-13-14-8-35-9-15(14)17(19(26)20(13)32-24)21-18-12(3-27)23(28)36-22(18)16(25)5-29-21/h4-5,7,10H,6,8-9,28H2,1-2H3. The molecule has 5 heterocycles. The van der Waals surface area contributed by atoms with E-state index in [1.165, 1.54) is 0 Å². The number of fused-ring (bicyclic) bond motifs is 4. The lowest BCUT2D eigenvalue weighted by Gasteiger charge is -2.14. The van der Waals surface area contributed by atoms with Crippen LogP contribution in [0.15, 0.2) is 24.9 Å². The zero-order chi connectivity index (χ0) is 25.1. The van der Waals surface area contributed by atoms with Crippen LogP contribution in [0.1, 0.15) is 22.4 Å². The van der Waals surface area contributed by atoms with Crippen LogP contribution in [0.25, 0.3) is 38.2 Å². The second-order valence-electron chi connectivity index (χ2n) is 8.69. The van der Waals surface area contributed by atoms with Gasteiger partial charge in [0.05, 0.1) is 41.1 Å². The molecule has 0 saturated carbocycles. The fourth-order valence-corrected chi connectivity index (χ4v) is 5.46. The predicted octanol–water partition coefficient (Wildman–Crippen LogP) is 3.92. The first kappa shape index (κ1) is 22.4. The third kappa shape index (κ3) is 3.32. The minimum absolute atomic E-state index is 0.0689. The molecular weight excluding hydrogens is 486 g/mol. The summed E-state index contributed by atoms with van der Waals surface area (Å²) in [5.41, 5.74) is 8.49. The molecule has 2 N–H and O–H groups in total. The number of rotatable bonds is 4. The van der Waals surface area contributed by atoms with Crippen molar-refractivity contribution in [1.29, 1.82) is 5.26 Å². The molecule has 0 bridgehead atoms. The molecular formula is C24H18F2N8OS. The average molecular weight is 505 g/mol. The van der Waals surface area contributed by atoms with Gasteiger partial charge >= 0.3 is 0 Å². The largest absolute Gasteiger partial charge is 0.389 e. The highest BCUT2D eigenvalue weighted by molar-refractivity contribution is 7.23. The summed E-state index contributed by atoms with van der Waals surface area (Å²) >= 11 is 0.935. The highest BCUT2D eigenvalue weighted by Crippen LogP contribution is 2.44. The summed E-state index contributed by atoms with van der Waals surface area (Å²) < 4.78 is 38.4. The van der Waals surface area contributed by atoms with E-state index in [0.29, 0.717) is 17.5 Å². The molecule has 12 heteroatoms. The first-order valence-corrected chi connectivity index (χ1v) is 11.7. The molecule has 9 nitrogen and oxygen atoms in total. The summed E-state index contributed by atoms with van der Waals surface area (Å²) in [5.74, 6) is -1.03. The van der Waals surface area contributed by atoms with E-state index >= 15 is 4.39 Å². The number of pyridine rings is 1. The van der Waals surface area contributed by atoms with Crippen LogP contribution < -0.4 is 5.73 Å². The molecule has 6 rings (SSSR count). The van der Waals surface area contributed by atoms with Crippen LogP contribution in [0, 0.1) is 23.0 Å². The smallest absolute Gasteiger partial charge is 0.235 e. The van der Waals surface area contributed by atoms with Crippen molar-refractivity contribution >= 4 is 37.3 Å². The van der Waals surface area contributed by atoms with E-state index in [0.717, 1.165) is 28.8 Å². The van der Waals surface area contributed by atoms with E-state index in [9.17, 15) is 9.65 Å². The Bertz CT molecular complexity index is 1740. The van der Waals surface area contributed by atoms with Gasteiger partial charge in [-0.1, -0.05) is 0 Å². The number of anilines is 1. The van der Waals surface area contributed by atoms with Gasteiger partial charge < -0.3 is 15.4 Å². The summed E-state index contributed by atoms with van der Waals surface area (Å²) in [6.45, 7) is 0.999. The quantitative estimate of drug-likeness (QED) is 0.391. The number of nitrogens with two attached hydrogens (primary N) is 1. The minimum Gasteiger partial charge on any atom is -0.389 e. The van der Waals surface area contributed by atoms with Crippen LogP contribution in [0.4, 0.5) is 13.8 Å². The predicted molar refractivity (Wildman–Crippen MR) is 130 cm³/mol. The highest BCUT2D eigenvalue weighted by Gasteiger charge is 2.30. The first-order chi connectivity index (χ1) is 17.4. The Morgan fingerprint density at radius 2 is 2.00 bits per heavy atom. The number of thiophene rings is 1. The number of nitriles is 1. The first-order valence-electron chi connectivity index (χ1n) is 10.9. The number of hydrogen-bond donors (Lipinski definition) is 1. The Morgan fingerprint density at radius 3 is 2.78 bits per heavy atom. The van der Waals surface area contributed by atoms with Crippen LogP contribution in [-0.4, -0.2) is 43.5 Å². The Kier molecular flexibility index (Phi) is 5.15. The monoisotopic (exact) mass is 504 g/mol. The highest BCUT2D eigenvalue weighted by atomic mass is 32.1. The number of ether oxygens (including phenoxy) is 1. The molecule has 0 amide bonds. The van der Waals surface area contributed by atoms with Crippen LogP contribution in [0.5, 0.6) is 0 Å². The molecule has 1 aromatic carbocycles. The summed E-state index contributed by atoms with van der Waals surface area (Å²) in [5, 5.41) is 10.5. The molecule has 180 valence electrons. The minimum atomic E-state index is -0.652. The third-order valence-electron chi connectivity index (χ3n) is 6.08. The van der Waals surface area contributed by atoms with E-state index in [4.69, 9.17) is 10.5 Å². The van der Waals surface area contributed by atoms with E-state index in [1.54, 1.807) is 23.3 Å². The van der Waals surface area contributed by atoms with Crippen molar-refractivity contribution in [3.05, 3.63) is 58.9 Å². The fraction of sp³-hybridized carbons (Fsp3) is 0.208. The summed E-state index contributed by atoms with van der Waals surface area (Å²) in [6, 6.07) is 2.01. The number of nitrogens with zero attached hydrogens (tertiary/aromatic N) is 7. The van der Waals surface area contributed by atoms with Gasteiger partial charge in [-0.3, -0.25) is 9.55 Å². The molecule has 1 aliphatic rings. The summed E-state index contributed by atoms with van der Waals surface area (Å²) in [4.78, 5) is 19.5. The second kappa shape index (κ2) is 8.27. The van der Waals surface area contributed by atoms with Gasteiger partial charge in [0.25, 0.3) is 0 Å². The Balaban J connectivity index is 1.62. The Labute approximate surface area is 207 Å². The molecule has 0 unspecified atom stereocenters. The average Bonchev–Trinajstić information content (AvgIpc) is 3.59. The molecule has 4 aromatic heterocycles. The summed E-state index contributed by atoms with van der Waals surface area (Å²) in [6.07, 6.45) is 5.95. The normalized spacial score (nSPS) is 13.1. The molecule has 0 atom stereocenters. The number of imidazole rings is 1. The van der Waals surface area contributed by atoms with Crippen LogP contribution >= 0.6 is 11.3 Å². The Hall–Kier alpha value is -4.05. The topological polar surface area (TPSA) is 119 Å². The number of benzene rings is 1. The van der Waals surface area contributed by atoms with Gasteiger partial charge in [-0.05, 0) is 25.2 Å². The maximum Gasteiger partial charge on any atom is 0.235 e. The zero-order valence-corrected chi connectivity index (χ0v) is 20.0. The van der Waals surface area contributed by atoms with E-state index in [1.807, 2.05) is 25.1 Å². The van der Waals surface area contributed by atoms with Gasteiger partial charge in [0.15, 0.2) is 11.6 Å². The van der Waals surface area contributed by atoms with Crippen LogP contribution in [-0.2, 0) is 24.5 Å². The van der Waals surface area contributed by atoms with Crippen molar-refractivity contribution in [3.8, 4) is 23.3 Å². The maximum absolute atomic E-state index is 16.3. The van der Waals surface area contributed by atoms with Gasteiger partial charge in [-0.25, -0.2) is 23.7 Å². The molecule has 0 saturated heterocycles. The SMILES string of the molecule is CN(C)Cc1cn(-c2ncc3c4c(c(-c5ncc(F)c6sc(N)c(C#N)c56)c(F)c3n2)COC4)cn1. The lowest BCUT2D eigenvalue weighted by atomic mass is 9.94. The molecule has 0 radical (unpaired) electrons. The van der Waals surface area contributed by atoms with Gasteiger partial charge in [-0.2, -0.15) is 5.26 Å². The second-order valence-corrected chi connectivity index (χ2v) is 9.75. The number of aromatic nitrogens is 5. The van der Waals surface area contributed by atoms with E-state index in [2.05, 4.69) is 19.9 Å². The molecule has 0 spiro atoms. The van der Waals surface area contributed by atoms with Crippen molar-refractivity contribution in [2.45, 2.75) is 19.8 Å². The van der Waals surface area contributed by atoms with Gasteiger partial charge in [0.1, 0.15) is 22.9 Å². The van der Waals surface area contributed by atoms with Crippen LogP contribution in [0.3, 0.4) is 0 Å². The number of hydrogen-bond acceptors (Lipinski definition) is 9. The zero-order valence-electron chi connectivity index (χ0n) is 19.2. The van der Waals surface area contributed by atoms with Crippen molar-refractivity contribution in [2.24, 2.45) is 0 Å². The molecule has 5 aromatic rings. The summed E-state index contributed by atoms with van der Waals surface area (Å²) in [7, 11) is 3.87. The maximum atomic E-state index is 16.3. The molecule has 0 aliphatic carbocycles. The third-order valence-corrected chi connectivity index (χ3v) is 7.10. The van der Waals surface area contributed by atoms with E-state index < -0.39 is 11.6 Å². The van der Waals surface area contributed by atoms with E-state index in [-0.39, 0.29) is 56.6 Å². The van der Waals surface area contributed by atoms with Crippen molar-refractivity contribution in [2.75, 3.05) is 19.8 Å². The van der Waals surface area contributed by atoms with Gasteiger partial charge in [0, 0.05) is 35.3 Å². The van der Waals surface area contributed by atoms with Gasteiger partial charge in [-0.15, -0.1) is 11.3 Å². The van der Waals surface area contributed by atoms with Gasteiger partial charge in [0.2, 0.25) is 5.95 Å². The molecule has 0 fully saturated rings. The number of nitrogen functional groups attached to an aromatic ring is 1. The fourth-order valence-electron chi connectivity index (χ4n) is 4.54. The van der Waals surface area contributed by atoms with Crippen molar-refractivity contribution in [3.63, 3.8) is 0 Å². The lowest BCUT2D eigenvalue weighted by molar-refractivity contribution is 0.135. The number of halogens is 2. The van der Waals surface area contributed by atoms with Crippen molar-refractivity contribution in [1.82, 2.24) is 29.4 Å². The van der Waals surface area contributed by atoms with Crippen molar-refractivity contribution < 1.29 is 13.5 Å². The molecule has 36 heavy (non-hydrogen) atoms. The van der Waals surface area contributed by atoms with Crippen LogP contribution in [0.2, 0.25) is 0 Å². The molecule has 1 aliphatic heterocycles.